The van der Waals surface area contributed by atoms with Gasteiger partial charge < -0.3 is 14.4 Å². The first-order valence-corrected chi connectivity index (χ1v) is 20.8. The highest BCUT2D eigenvalue weighted by molar-refractivity contribution is 4.93. The number of nitrogens with zero attached hydrogens (tertiary/aromatic N) is 1. The number of rotatable bonds is 34. The molecule has 0 amide bonds. The van der Waals surface area contributed by atoms with Crippen molar-refractivity contribution in [2.45, 2.75) is 207 Å². The van der Waals surface area contributed by atoms with Crippen LogP contribution in [0.4, 0.5) is 0 Å². The van der Waals surface area contributed by atoms with Gasteiger partial charge in [0, 0.05) is 19.4 Å². The molecule has 0 radical (unpaired) electrons. The zero-order chi connectivity index (χ0) is 33.9. The third kappa shape index (κ3) is 26.4. The Bertz CT molecular complexity index is 767. The highest BCUT2D eigenvalue weighted by Gasteiger charge is 2.40. The second-order valence-electron chi connectivity index (χ2n) is 14.1. The van der Waals surface area contributed by atoms with Crippen LogP contribution in [0.3, 0.4) is 0 Å². The van der Waals surface area contributed by atoms with Crippen LogP contribution in [-0.2, 0) is 9.47 Å². The molecule has 3 heteroatoms. The van der Waals surface area contributed by atoms with Gasteiger partial charge in [-0.3, -0.25) is 0 Å². The van der Waals surface area contributed by atoms with Gasteiger partial charge in [-0.2, -0.15) is 0 Å². The van der Waals surface area contributed by atoms with E-state index in [-0.39, 0.29) is 11.9 Å². The fourth-order valence-corrected chi connectivity index (χ4v) is 6.60. The minimum absolute atomic E-state index is 0.262. The average Bonchev–Trinajstić information content (AvgIpc) is 3.49. The van der Waals surface area contributed by atoms with Gasteiger partial charge in [0.1, 0.15) is 0 Å². The molecule has 274 valence electrons. The lowest BCUT2D eigenvalue weighted by Crippen LogP contribution is -2.32. The van der Waals surface area contributed by atoms with Crippen molar-refractivity contribution in [2.24, 2.45) is 0 Å². The van der Waals surface area contributed by atoms with E-state index >= 15 is 0 Å². The van der Waals surface area contributed by atoms with Crippen molar-refractivity contribution < 1.29 is 9.47 Å². The van der Waals surface area contributed by atoms with Crippen LogP contribution >= 0.6 is 0 Å². The van der Waals surface area contributed by atoms with Gasteiger partial charge in [-0.15, -0.1) is 0 Å². The third-order valence-electron chi connectivity index (χ3n) is 9.84. The average molecular weight is 656 g/mol. The molecule has 0 aromatic heterocycles. The van der Waals surface area contributed by atoms with Crippen molar-refractivity contribution in [1.29, 1.82) is 0 Å². The summed E-state index contributed by atoms with van der Waals surface area (Å²) in [6.07, 6.45) is 51.9. The Hall–Kier alpha value is -1.16. The zero-order valence-corrected chi connectivity index (χ0v) is 32.2. The van der Waals surface area contributed by atoms with Crippen molar-refractivity contribution in [3.8, 4) is 0 Å². The van der Waals surface area contributed by atoms with Gasteiger partial charge in [-0.1, -0.05) is 147 Å². The van der Waals surface area contributed by atoms with E-state index in [0.29, 0.717) is 0 Å². The van der Waals surface area contributed by atoms with Crippen LogP contribution in [0.1, 0.15) is 195 Å². The molecule has 2 atom stereocenters. The molecule has 0 N–H and O–H groups in total. The lowest BCUT2D eigenvalue weighted by atomic mass is 9.98. The summed E-state index contributed by atoms with van der Waals surface area (Å²) in [5.41, 5.74) is 0. The number of allylic oxidation sites excluding steroid dienone is 8. The van der Waals surface area contributed by atoms with Crippen LogP contribution < -0.4 is 0 Å². The zero-order valence-electron chi connectivity index (χ0n) is 32.2. The molecule has 1 aliphatic rings. The molecular weight excluding hydrogens is 574 g/mol. The van der Waals surface area contributed by atoms with E-state index in [1.807, 2.05) is 0 Å². The third-order valence-corrected chi connectivity index (χ3v) is 9.84. The van der Waals surface area contributed by atoms with Gasteiger partial charge in [-0.05, 0) is 96.6 Å². The summed E-state index contributed by atoms with van der Waals surface area (Å²) in [5, 5.41) is 0. The standard InChI is InChI=1S/C44H81NO2/c1-5-9-11-13-15-17-19-21-23-25-27-29-31-33-35-37-40-44(46-42-43(47-44)38-41-45(7-3)8-4)39-36-34-32-30-28-26-24-22-20-18-16-14-12-10-6-2/h15-18,21-24,43H,5-14,19-20,25-42H2,1-4H3. The van der Waals surface area contributed by atoms with Crippen molar-refractivity contribution in [2.75, 3.05) is 26.2 Å². The van der Waals surface area contributed by atoms with Crippen LogP contribution in [0.25, 0.3) is 0 Å². The Kier molecular flexibility index (Phi) is 31.1. The van der Waals surface area contributed by atoms with Gasteiger partial charge in [0.2, 0.25) is 0 Å². The van der Waals surface area contributed by atoms with E-state index in [4.69, 9.17) is 9.47 Å². The number of ether oxygens (including phenoxy) is 2. The summed E-state index contributed by atoms with van der Waals surface area (Å²) in [4.78, 5) is 2.51. The summed E-state index contributed by atoms with van der Waals surface area (Å²) < 4.78 is 13.3. The minimum atomic E-state index is -0.323. The molecule has 3 nitrogen and oxygen atoms in total. The van der Waals surface area contributed by atoms with Crippen molar-refractivity contribution >= 4 is 0 Å². The van der Waals surface area contributed by atoms with E-state index < -0.39 is 0 Å². The normalized spacial score (nSPS) is 18.9. The quantitative estimate of drug-likeness (QED) is 0.0508. The molecular formula is C44H81NO2. The molecule has 0 bridgehead atoms. The molecule has 1 saturated heterocycles. The van der Waals surface area contributed by atoms with Gasteiger partial charge >= 0.3 is 0 Å². The largest absolute Gasteiger partial charge is 0.347 e. The Morgan fingerprint density at radius 3 is 1.34 bits per heavy atom. The van der Waals surface area contributed by atoms with Crippen LogP contribution in [0.2, 0.25) is 0 Å². The number of hydrogen-bond donors (Lipinski definition) is 0. The predicted molar refractivity (Wildman–Crippen MR) is 209 cm³/mol. The Labute approximate surface area is 295 Å². The van der Waals surface area contributed by atoms with Gasteiger partial charge in [0.15, 0.2) is 5.79 Å². The molecule has 47 heavy (non-hydrogen) atoms. The van der Waals surface area contributed by atoms with E-state index in [9.17, 15) is 0 Å². The summed E-state index contributed by atoms with van der Waals surface area (Å²) in [6.45, 7) is 13.2. The first-order valence-electron chi connectivity index (χ1n) is 20.8. The van der Waals surface area contributed by atoms with E-state index in [1.165, 1.54) is 135 Å². The van der Waals surface area contributed by atoms with E-state index in [1.54, 1.807) is 0 Å². The van der Waals surface area contributed by atoms with Crippen molar-refractivity contribution in [3.05, 3.63) is 48.6 Å². The molecule has 1 aliphatic heterocycles. The van der Waals surface area contributed by atoms with Crippen LogP contribution in [-0.4, -0.2) is 43.0 Å². The monoisotopic (exact) mass is 656 g/mol. The Morgan fingerprint density at radius 2 is 0.915 bits per heavy atom. The molecule has 2 unspecified atom stereocenters. The first kappa shape index (κ1) is 43.9. The minimum Gasteiger partial charge on any atom is -0.347 e. The van der Waals surface area contributed by atoms with Crippen molar-refractivity contribution in [3.63, 3.8) is 0 Å². The number of unbranched alkanes of at least 4 members (excludes halogenated alkanes) is 17. The highest BCUT2D eigenvalue weighted by Crippen LogP contribution is 2.35. The van der Waals surface area contributed by atoms with Crippen LogP contribution in [0.5, 0.6) is 0 Å². The van der Waals surface area contributed by atoms with Gasteiger partial charge in [0.25, 0.3) is 0 Å². The fraction of sp³-hybridized carbons (Fsp3) is 0.818. The maximum atomic E-state index is 6.76. The van der Waals surface area contributed by atoms with Gasteiger partial charge in [0.05, 0.1) is 12.7 Å². The second kappa shape index (κ2) is 33.3. The second-order valence-corrected chi connectivity index (χ2v) is 14.1. The Balaban J connectivity index is 2.25. The molecule has 0 aliphatic carbocycles. The first-order chi connectivity index (χ1) is 23.2. The number of hydrogen-bond acceptors (Lipinski definition) is 3. The molecule has 1 rings (SSSR count). The predicted octanol–water partition coefficient (Wildman–Crippen LogP) is 13.8. The van der Waals surface area contributed by atoms with Crippen LogP contribution in [0.15, 0.2) is 48.6 Å². The maximum Gasteiger partial charge on any atom is 0.168 e. The smallest absolute Gasteiger partial charge is 0.168 e. The Morgan fingerprint density at radius 1 is 0.511 bits per heavy atom. The van der Waals surface area contributed by atoms with E-state index in [2.05, 4.69) is 81.2 Å². The summed E-state index contributed by atoms with van der Waals surface area (Å²) in [7, 11) is 0. The fourth-order valence-electron chi connectivity index (χ4n) is 6.60. The van der Waals surface area contributed by atoms with Gasteiger partial charge in [-0.25, -0.2) is 0 Å². The summed E-state index contributed by atoms with van der Waals surface area (Å²) >= 11 is 0. The summed E-state index contributed by atoms with van der Waals surface area (Å²) in [6, 6.07) is 0. The van der Waals surface area contributed by atoms with Crippen molar-refractivity contribution in [1.82, 2.24) is 4.90 Å². The SMILES string of the molecule is CCCCCC=CCC=CCCCCCCCCC1(CCCCCCCC=CCC=CCCCCC)OCC(CCN(CC)CC)O1. The van der Waals surface area contributed by atoms with Crippen LogP contribution in [0, 0.1) is 0 Å². The molecule has 0 spiro atoms. The maximum absolute atomic E-state index is 6.76. The summed E-state index contributed by atoms with van der Waals surface area (Å²) in [5.74, 6) is -0.323. The lowest BCUT2D eigenvalue weighted by Gasteiger charge is -2.29. The molecule has 0 aromatic carbocycles. The molecule has 1 heterocycles. The van der Waals surface area contributed by atoms with E-state index in [0.717, 1.165) is 58.3 Å². The molecule has 1 fully saturated rings. The highest BCUT2D eigenvalue weighted by atomic mass is 16.7. The topological polar surface area (TPSA) is 21.7 Å². The lowest BCUT2D eigenvalue weighted by molar-refractivity contribution is -0.180. The molecule has 0 aromatic rings. The molecule has 0 saturated carbocycles.